The van der Waals surface area contributed by atoms with Crippen LogP contribution in [-0.4, -0.2) is 22.7 Å². The Balaban J connectivity index is 2.54. The van der Waals surface area contributed by atoms with E-state index >= 15 is 0 Å². The molecule has 0 heterocycles. The first-order chi connectivity index (χ1) is 6.24. The summed E-state index contributed by atoms with van der Waals surface area (Å²) in [7, 11) is 0. The van der Waals surface area contributed by atoms with Gasteiger partial charge in [0.2, 0.25) is 5.91 Å². The van der Waals surface area contributed by atoms with Gasteiger partial charge in [0.15, 0.2) is 0 Å². The first-order valence-corrected chi connectivity index (χ1v) is 3.88. The van der Waals surface area contributed by atoms with Gasteiger partial charge in [-0.15, -0.1) is 0 Å². The third-order valence-corrected chi connectivity index (χ3v) is 1.61. The van der Waals surface area contributed by atoms with E-state index in [9.17, 15) is 9.90 Å². The largest absolute Gasteiger partial charge is 0.508 e. The maximum absolute atomic E-state index is 10.7. The molecule has 1 aromatic rings. The number of hydrogen-bond donors (Lipinski definition) is 3. The lowest BCUT2D eigenvalue weighted by Gasteiger charge is -2.04. The van der Waals surface area contributed by atoms with Crippen molar-refractivity contribution < 1.29 is 15.0 Å². The number of para-hydroxylation sites is 1. The van der Waals surface area contributed by atoms with Crippen molar-refractivity contribution in [2.75, 3.05) is 6.61 Å². The smallest absolute Gasteiger partial charge is 0.245 e. The summed E-state index contributed by atoms with van der Waals surface area (Å²) < 4.78 is 0. The number of benzene rings is 1. The van der Waals surface area contributed by atoms with E-state index in [4.69, 9.17) is 5.11 Å². The van der Waals surface area contributed by atoms with E-state index < -0.39 is 12.5 Å². The van der Waals surface area contributed by atoms with Crippen molar-refractivity contribution >= 4 is 5.91 Å². The van der Waals surface area contributed by atoms with Crippen LogP contribution in [0.4, 0.5) is 0 Å². The molecule has 0 fully saturated rings. The topological polar surface area (TPSA) is 69.6 Å². The van der Waals surface area contributed by atoms with Gasteiger partial charge in [-0.1, -0.05) is 18.2 Å². The summed E-state index contributed by atoms with van der Waals surface area (Å²) in [5, 5.41) is 20.1. The quantitative estimate of drug-likeness (QED) is 0.614. The van der Waals surface area contributed by atoms with Crippen molar-refractivity contribution in [3.63, 3.8) is 0 Å². The number of phenolic OH excluding ortho intramolecular Hbond substituents is 1. The highest BCUT2D eigenvalue weighted by atomic mass is 16.3. The summed E-state index contributed by atoms with van der Waals surface area (Å²) in [6.45, 7) is -0.306. The molecule has 0 bridgehead atoms. The Morgan fingerprint density at radius 1 is 1.38 bits per heavy atom. The molecule has 13 heavy (non-hydrogen) atoms. The molecular weight excluding hydrogens is 170 g/mol. The van der Waals surface area contributed by atoms with Crippen LogP contribution in [0, 0.1) is 0 Å². The van der Waals surface area contributed by atoms with Crippen LogP contribution < -0.4 is 5.32 Å². The third-order valence-electron chi connectivity index (χ3n) is 1.61. The summed E-state index contributed by atoms with van der Waals surface area (Å²) in [6.07, 6.45) is 0. The van der Waals surface area contributed by atoms with E-state index in [2.05, 4.69) is 5.32 Å². The van der Waals surface area contributed by atoms with Crippen LogP contribution in [-0.2, 0) is 11.3 Å². The van der Waals surface area contributed by atoms with Crippen LogP contribution >= 0.6 is 0 Å². The lowest BCUT2D eigenvalue weighted by atomic mass is 10.2. The maximum Gasteiger partial charge on any atom is 0.245 e. The summed E-state index contributed by atoms with van der Waals surface area (Å²) in [5.41, 5.74) is 0.629. The molecule has 0 saturated heterocycles. The number of amides is 1. The molecule has 0 radical (unpaired) electrons. The Kier molecular flexibility index (Phi) is 3.28. The van der Waals surface area contributed by atoms with Gasteiger partial charge in [-0.25, -0.2) is 0 Å². The molecular formula is C9H11NO3. The molecule has 1 rings (SSSR count). The second-order valence-electron chi connectivity index (χ2n) is 2.56. The molecule has 0 aliphatic carbocycles. The van der Waals surface area contributed by atoms with Gasteiger partial charge in [0, 0.05) is 12.1 Å². The standard InChI is InChI=1S/C9H11NO3/c11-6-9(13)10-5-7-3-1-2-4-8(7)12/h1-4,11-12H,5-6H2,(H,10,13). The van der Waals surface area contributed by atoms with Crippen molar-refractivity contribution in [2.24, 2.45) is 0 Å². The number of phenols is 1. The fraction of sp³-hybridized carbons (Fsp3) is 0.222. The molecule has 1 aromatic carbocycles. The number of aliphatic hydroxyl groups excluding tert-OH is 1. The summed E-state index contributed by atoms with van der Waals surface area (Å²) in [5.74, 6) is -0.316. The Morgan fingerprint density at radius 2 is 2.08 bits per heavy atom. The van der Waals surface area contributed by atoms with Gasteiger partial charge in [0.05, 0.1) is 0 Å². The average Bonchev–Trinajstić information content (AvgIpc) is 2.16. The minimum absolute atomic E-state index is 0.140. The Morgan fingerprint density at radius 3 is 2.69 bits per heavy atom. The molecule has 0 spiro atoms. The van der Waals surface area contributed by atoms with Gasteiger partial charge >= 0.3 is 0 Å². The fourth-order valence-electron chi connectivity index (χ4n) is 0.910. The zero-order valence-corrected chi connectivity index (χ0v) is 7.03. The monoisotopic (exact) mass is 181 g/mol. The first kappa shape index (κ1) is 9.54. The minimum Gasteiger partial charge on any atom is -0.508 e. The van der Waals surface area contributed by atoms with E-state index in [0.717, 1.165) is 0 Å². The zero-order chi connectivity index (χ0) is 9.68. The lowest BCUT2D eigenvalue weighted by molar-refractivity contribution is -0.123. The maximum atomic E-state index is 10.7. The number of carbonyl (C=O) groups is 1. The van der Waals surface area contributed by atoms with Gasteiger partial charge in [-0.3, -0.25) is 4.79 Å². The molecule has 0 aromatic heterocycles. The van der Waals surface area contributed by atoms with Crippen molar-refractivity contribution in [1.82, 2.24) is 5.32 Å². The summed E-state index contributed by atoms with van der Waals surface area (Å²) in [6, 6.07) is 6.71. The molecule has 1 amide bonds. The Bertz CT molecular complexity index is 299. The molecule has 0 aliphatic heterocycles. The highest BCUT2D eigenvalue weighted by Gasteiger charge is 2.01. The van der Waals surface area contributed by atoms with Crippen molar-refractivity contribution in [3.05, 3.63) is 29.8 Å². The van der Waals surface area contributed by atoms with Crippen LogP contribution in [0.25, 0.3) is 0 Å². The number of hydrogen-bond acceptors (Lipinski definition) is 3. The van der Waals surface area contributed by atoms with Gasteiger partial charge in [0.1, 0.15) is 12.4 Å². The molecule has 0 atom stereocenters. The van der Waals surface area contributed by atoms with Gasteiger partial charge in [0.25, 0.3) is 0 Å². The number of carbonyl (C=O) groups excluding carboxylic acids is 1. The predicted molar refractivity (Wildman–Crippen MR) is 47.0 cm³/mol. The number of aliphatic hydroxyl groups is 1. The highest BCUT2D eigenvalue weighted by molar-refractivity contribution is 5.76. The fourth-order valence-corrected chi connectivity index (χ4v) is 0.910. The van der Waals surface area contributed by atoms with Gasteiger partial charge in [-0.05, 0) is 6.07 Å². The van der Waals surface area contributed by atoms with Crippen molar-refractivity contribution in [1.29, 1.82) is 0 Å². The Labute approximate surface area is 75.8 Å². The molecule has 0 aliphatic rings. The second kappa shape index (κ2) is 4.47. The van der Waals surface area contributed by atoms with E-state index in [1.807, 2.05) is 0 Å². The van der Waals surface area contributed by atoms with Crippen LogP contribution in [0.3, 0.4) is 0 Å². The Hall–Kier alpha value is -1.55. The lowest BCUT2D eigenvalue weighted by Crippen LogP contribution is -2.25. The number of aromatic hydroxyl groups is 1. The number of rotatable bonds is 3. The minimum atomic E-state index is -0.534. The van der Waals surface area contributed by atoms with Crippen LogP contribution in [0.1, 0.15) is 5.56 Å². The SMILES string of the molecule is O=C(CO)NCc1ccccc1O. The third kappa shape index (κ3) is 2.76. The average molecular weight is 181 g/mol. The summed E-state index contributed by atoms with van der Waals surface area (Å²) in [4.78, 5) is 10.7. The van der Waals surface area contributed by atoms with Gasteiger partial charge < -0.3 is 15.5 Å². The summed E-state index contributed by atoms with van der Waals surface area (Å²) >= 11 is 0. The molecule has 4 nitrogen and oxygen atoms in total. The molecule has 0 unspecified atom stereocenters. The van der Waals surface area contributed by atoms with Crippen LogP contribution in [0.5, 0.6) is 5.75 Å². The second-order valence-corrected chi connectivity index (χ2v) is 2.56. The van der Waals surface area contributed by atoms with E-state index in [-0.39, 0.29) is 12.3 Å². The van der Waals surface area contributed by atoms with E-state index in [1.54, 1.807) is 24.3 Å². The molecule has 0 saturated carbocycles. The molecule has 70 valence electrons. The highest BCUT2D eigenvalue weighted by Crippen LogP contribution is 2.14. The molecule has 3 N–H and O–H groups in total. The van der Waals surface area contributed by atoms with Crippen LogP contribution in [0.15, 0.2) is 24.3 Å². The van der Waals surface area contributed by atoms with Crippen LogP contribution in [0.2, 0.25) is 0 Å². The van der Waals surface area contributed by atoms with Gasteiger partial charge in [-0.2, -0.15) is 0 Å². The number of nitrogens with one attached hydrogen (secondary N) is 1. The predicted octanol–water partition coefficient (Wildman–Crippen LogP) is 0.000700. The normalized spacial score (nSPS) is 9.62. The zero-order valence-electron chi connectivity index (χ0n) is 7.03. The van der Waals surface area contributed by atoms with Crippen molar-refractivity contribution in [3.8, 4) is 5.75 Å². The first-order valence-electron chi connectivity index (χ1n) is 3.88. The van der Waals surface area contributed by atoms with E-state index in [1.165, 1.54) is 0 Å². The molecule has 4 heteroatoms. The van der Waals surface area contributed by atoms with Crippen molar-refractivity contribution in [2.45, 2.75) is 6.54 Å². The van der Waals surface area contributed by atoms with E-state index in [0.29, 0.717) is 5.56 Å².